The van der Waals surface area contributed by atoms with E-state index < -0.39 is 5.97 Å². The number of aryl methyl sites for hydroxylation is 1. The quantitative estimate of drug-likeness (QED) is 0.828. The van der Waals surface area contributed by atoms with Gasteiger partial charge < -0.3 is 14.8 Å². The zero-order chi connectivity index (χ0) is 15.4. The van der Waals surface area contributed by atoms with Gasteiger partial charge in [0.05, 0.1) is 11.1 Å². The molecule has 1 atom stereocenters. The third-order valence-corrected chi connectivity index (χ3v) is 3.65. The van der Waals surface area contributed by atoms with Crippen molar-refractivity contribution in [1.29, 1.82) is 0 Å². The number of nitrogens with zero attached hydrogens (tertiary/aromatic N) is 1. The summed E-state index contributed by atoms with van der Waals surface area (Å²) in [5.74, 6) is -0.146. The molecule has 0 radical (unpaired) electrons. The molecule has 6 nitrogen and oxygen atoms in total. The van der Waals surface area contributed by atoms with Crippen LogP contribution in [-0.4, -0.2) is 22.0 Å². The lowest BCUT2D eigenvalue weighted by atomic mass is 10.3. The molecular weight excluding hydrogens is 292 g/mol. The molecule has 0 spiro atoms. The van der Waals surface area contributed by atoms with Crippen LogP contribution in [0.25, 0.3) is 6.08 Å². The number of carboxylic acid groups (broad SMARTS) is 1. The Morgan fingerprint density at radius 3 is 2.86 bits per heavy atom. The molecule has 0 saturated heterocycles. The minimum absolute atomic E-state index is 0.252. The molecule has 0 aliphatic rings. The van der Waals surface area contributed by atoms with E-state index in [1.54, 1.807) is 32.2 Å². The predicted molar refractivity (Wildman–Crippen MR) is 78.1 cm³/mol. The van der Waals surface area contributed by atoms with Crippen molar-refractivity contribution in [2.45, 2.75) is 19.9 Å². The van der Waals surface area contributed by atoms with Crippen molar-refractivity contribution >= 4 is 29.3 Å². The Kier molecular flexibility index (Phi) is 4.54. The number of hydrogen-bond acceptors (Lipinski definition) is 5. The second kappa shape index (κ2) is 6.36. The van der Waals surface area contributed by atoms with Crippen molar-refractivity contribution in [2.75, 3.05) is 0 Å². The number of carboxylic acids is 1. The molecule has 110 valence electrons. The lowest BCUT2D eigenvalue weighted by Gasteiger charge is -2.08. The minimum Gasteiger partial charge on any atom is -0.478 e. The van der Waals surface area contributed by atoms with E-state index in [1.807, 2.05) is 0 Å². The van der Waals surface area contributed by atoms with Crippen molar-refractivity contribution in [1.82, 2.24) is 10.3 Å². The van der Waals surface area contributed by atoms with Crippen molar-refractivity contribution < 1.29 is 19.1 Å². The summed E-state index contributed by atoms with van der Waals surface area (Å²) in [4.78, 5) is 27.8. The maximum Gasteiger partial charge on any atom is 0.328 e. The number of carbonyl (C=O) groups excluding carboxylic acids is 1. The van der Waals surface area contributed by atoms with Gasteiger partial charge in [0.25, 0.3) is 5.91 Å². The average Bonchev–Trinajstić information content (AvgIpc) is 3.05. The van der Waals surface area contributed by atoms with E-state index in [1.165, 1.54) is 17.4 Å². The molecular formula is C14H14N2O4S. The number of hydrogen-bond donors (Lipinski definition) is 2. The lowest BCUT2D eigenvalue weighted by molar-refractivity contribution is -0.131. The Morgan fingerprint density at radius 2 is 2.24 bits per heavy atom. The molecule has 0 aromatic carbocycles. The van der Waals surface area contributed by atoms with Crippen LogP contribution in [0.15, 0.2) is 28.8 Å². The van der Waals surface area contributed by atoms with Gasteiger partial charge in [-0.05, 0) is 32.1 Å². The molecule has 0 saturated carbocycles. The number of amides is 1. The van der Waals surface area contributed by atoms with Gasteiger partial charge in [0, 0.05) is 11.0 Å². The van der Waals surface area contributed by atoms with Gasteiger partial charge in [-0.15, -0.1) is 11.3 Å². The van der Waals surface area contributed by atoms with E-state index in [2.05, 4.69) is 10.3 Å². The highest BCUT2D eigenvalue weighted by molar-refractivity contribution is 7.14. The van der Waals surface area contributed by atoms with E-state index >= 15 is 0 Å². The van der Waals surface area contributed by atoms with Crippen LogP contribution in [0.1, 0.15) is 39.2 Å². The summed E-state index contributed by atoms with van der Waals surface area (Å²) < 4.78 is 5.35. The molecule has 7 heteroatoms. The van der Waals surface area contributed by atoms with Gasteiger partial charge in [-0.2, -0.15) is 0 Å². The number of oxazole rings is 1. The number of carbonyl (C=O) groups is 2. The van der Waals surface area contributed by atoms with Gasteiger partial charge in [-0.25, -0.2) is 9.78 Å². The van der Waals surface area contributed by atoms with Crippen LogP contribution in [0.3, 0.4) is 0 Å². The predicted octanol–water partition coefficient (Wildman–Crippen LogP) is 2.63. The molecule has 1 unspecified atom stereocenters. The monoisotopic (exact) mass is 306 g/mol. The lowest BCUT2D eigenvalue weighted by Crippen LogP contribution is -2.26. The van der Waals surface area contributed by atoms with Crippen molar-refractivity contribution in [2.24, 2.45) is 0 Å². The zero-order valence-electron chi connectivity index (χ0n) is 11.5. The van der Waals surface area contributed by atoms with Crippen molar-refractivity contribution in [3.63, 3.8) is 0 Å². The normalized spacial score (nSPS) is 12.5. The Morgan fingerprint density at radius 1 is 1.48 bits per heavy atom. The van der Waals surface area contributed by atoms with E-state index in [9.17, 15) is 9.59 Å². The number of thiophene rings is 1. The summed E-state index contributed by atoms with van der Waals surface area (Å²) in [6.45, 7) is 3.56. The SMILES string of the molecule is Cc1cnc(C(C)NC(=O)c2ccc(/C=C/C(=O)O)s2)o1. The highest BCUT2D eigenvalue weighted by Crippen LogP contribution is 2.19. The second-order valence-corrected chi connectivity index (χ2v) is 5.49. The molecule has 0 aliphatic carbocycles. The Hall–Kier alpha value is -2.41. The van der Waals surface area contributed by atoms with Crippen LogP contribution < -0.4 is 5.32 Å². The molecule has 2 N–H and O–H groups in total. The number of aromatic nitrogens is 1. The van der Waals surface area contributed by atoms with Gasteiger partial charge in [-0.1, -0.05) is 0 Å². The summed E-state index contributed by atoms with van der Waals surface area (Å²) >= 11 is 1.21. The number of rotatable bonds is 5. The minimum atomic E-state index is -1.03. The van der Waals surface area contributed by atoms with Crippen LogP contribution in [0.2, 0.25) is 0 Å². The first-order valence-electron chi connectivity index (χ1n) is 6.19. The fraction of sp³-hybridized carbons (Fsp3) is 0.214. The fourth-order valence-electron chi connectivity index (χ4n) is 1.62. The molecule has 2 rings (SSSR count). The molecule has 2 heterocycles. The van der Waals surface area contributed by atoms with E-state index in [4.69, 9.17) is 9.52 Å². The maximum atomic E-state index is 12.1. The molecule has 1 amide bonds. The second-order valence-electron chi connectivity index (χ2n) is 4.38. The van der Waals surface area contributed by atoms with E-state index in [-0.39, 0.29) is 11.9 Å². The third kappa shape index (κ3) is 4.03. The third-order valence-electron chi connectivity index (χ3n) is 2.60. The first-order valence-corrected chi connectivity index (χ1v) is 7.01. The fourth-order valence-corrected chi connectivity index (χ4v) is 2.43. The summed E-state index contributed by atoms with van der Waals surface area (Å²) in [5, 5.41) is 11.3. The Bertz CT molecular complexity index is 687. The van der Waals surface area contributed by atoms with Gasteiger partial charge in [0.15, 0.2) is 0 Å². The summed E-state index contributed by atoms with van der Waals surface area (Å²) in [6.07, 6.45) is 4.08. The molecule has 2 aromatic rings. The van der Waals surface area contributed by atoms with E-state index in [0.29, 0.717) is 21.4 Å². The first-order chi connectivity index (χ1) is 9.95. The summed E-state index contributed by atoms with van der Waals surface area (Å²) in [5.41, 5.74) is 0. The van der Waals surface area contributed by atoms with Crippen LogP contribution in [0, 0.1) is 6.92 Å². The topological polar surface area (TPSA) is 92.4 Å². The van der Waals surface area contributed by atoms with Crippen LogP contribution in [0.4, 0.5) is 0 Å². The smallest absolute Gasteiger partial charge is 0.328 e. The van der Waals surface area contributed by atoms with Crippen LogP contribution >= 0.6 is 11.3 Å². The van der Waals surface area contributed by atoms with Gasteiger partial charge in [0.2, 0.25) is 5.89 Å². The van der Waals surface area contributed by atoms with E-state index in [0.717, 1.165) is 6.08 Å². The average molecular weight is 306 g/mol. The number of aliphatic carboxylic acids is 1. The molecule has 0 fully saturated rings. The maximum absolute atomic E-state index is 12.1. The highest BCUT2D eigenvalue weighted by Gasteiger charge is 2.16. The summed E-state index contributed by atoms with van der Waals surface area (Å²) in [6, 6.07) is 3.00. The van der Waals surface area contributed by atoms with Gasteiger partial charge in [-0.3, -0.25) is 4.79 Å². The molecule has 2 aromatic heterocycles. The molecule has 0 aliphatic heterocycles. The highest BCUT2D eigenvalue weighted by atomic mass is 32.1. The van der Waals surface area contributed by atoms with Gasteiger partial charge in [0.1, 0.15) is 11.8 Å². The number of nitrogens with one attached hydrogen (secondary N) is 1. The first kappa shape index (κ1) is 15.0. The van der Waals surface area contributed by atoms with Crippen molar-refractivity contribution in [3.8, 4) is 0 Å². The largest absolute Gasteiger partial charge is 0.478 e. The Balaban J connectivity index is 2.02. The van der Waals surface area contributed by atoms with Crippen molar-refractivity contribution in [3.05, 3.63) is 45.8 Å². The summed E-state index contributed by atoms with van der Waals surface area (Å²) in [7, 11) is 0. The molecule has 21 heavy (non-hydrogen) atoms. The Labute approximate surface area is 125 Å². The molecule has 0 bridgehead atoms. The van der Waals surface area contributed by atoms with Gasteiger partial charge >= 0.3 is 5.97 Å². The van der Waals surface area contributed by atoms with Crippen LogP contribution in [0.5, 0.6) is 0 Å². The van der Waals surface area contributed by atoms with Crippen LogP contribution in [-0.2, 0) is 4.79 Å². The zero-order valence-corrected chi connectivity index (χ0v) is 12.3. The standard InChI is InChI=1S/C14H14N2O4S/c1-8-7-15-14(20-8)9(2)16-13(19)11-5-3-10(21-11)4-6-12(17)18/h3-7,9H,1-2H3,(H,16,19)(H,17,18)/b6-4+.